The summed E-state index contributed by atoms with van der Waals surface area (Å²) in [6.07, 6.45) is 0. The average Bonchev–Trinajstić information content (AvgIpc) is 1.94. The summed E-state index contributed by atoms with van der Waals surface area (Å²) in [6, 6.07) is 3.33. The first-order valence-electron chi connectivity index (χ1n) is 2.79. The van der Waals surface area contributed by atoms with Gasteiger partial charge in [-0.1, -0.05) is 11.6 Å². The van der Waals surface area contributed by atoms with E-state index < -0.39 is 11.8 Å². The molecule has 0 atom stereocenters. The van der Waals surface area contributed by atoms with Crippen molar-refractivity contribution in [2.45, 2.75) is 0 Å². The molecular formula is C7H4ClFO2. The summed E-state index contributed by atoms with van der Waals surface area (Å²) >= 11 is 5.32. The van der Waals surface area contributed by atoms with E-state index in [0.29, 0.717) is 0 Å². The first-order chi connectivity index (χ1) is 5.11. The van der Waals surface area contributed by atoms with Crippen LogP contribution in [0.3, 0.4) is 0 Å². The molecule has 11 heavy (non-hydrogen) atoms. The third kappa shape index (κ3) is 1.68. The molecule has 0 aliphatic carbocycles. The van der Waals surface area contributed by atoms with Crippen molar-refractivity contribution in [3.63, 3.8) is 0 Å². The Morgan fingerprint density at radius 1 is 1.55 bits per heavy atom. The van der Waals surface area contributed by atoms with Crippen LogP contribution in [0.15, 0.2) is 18.2 Å². The standard InChI is InChI=1S/C7H4ClFO2/c8-5-2-1-4(7(10)11)3-6(5)9/h1-3H,(H,10,11). The van der Waals surface area contributed by atoms with E-state index in [1.54, 1.807) is 0 Å². The summed E-state index contributed by atoms with van der Waals surface area (Å²) in [6.45, 7) is 0. The van der Waals surface area contributed by atoms with Crippen LogP contribution in [0.4, 0.5) is 4.39 Å². The molecule has 1 rings (SSSR count). The lowest BCUT2D eigenvalue weighted by Gasteiger charge is -1.95. The van der Waals surface area contributed by atoms with E-state index in [2.05, 4.69) is 0 Å². The Hall–Kier alpha value is -1.09. The van der Waals surface area contributed by atoms with E-state index in [4.69, 9.17) is 16.7 Å². The Kier molecular flexibility index (Phi) is 2.10. The lowest BCUT2D eigenvalue weighted by atomic mass is 10.2. The average molecular weight is 175 g/mol. The minimum absolute atomic E-state index is 0.0741. The van der Waals surface area contributed by atoms with Gasteiger partial charge in [0, 0.05) is 0 Å². The zero-order chi connectivity index (χ0) is 8.43. The summed E-state index contributed by atoms with van der Waals surface area (Å²) in [5.41, 5.74) is -0.105. The Bertz CT molecular complexity index is 298. The maximum atomic E-state index is 12.5. The third-order valence-corrected chi connectivity index (χ3v) is 1.47. The molecule has 0 fully saturated rings. The van der Waals surface area contributed by atoms with Crippen LogP contribution in [-0.4, -0.2) is 11.1 Å². The largest absolute Gasteiger partial charge is 0.478 e. The minimum Gasteiger partial charge on any atom is -0.478 e. The zero-order valence-electron chi connectivity index (χ0n) is 5.34. The topological polar surface area (TPSA) is 37.3 Å². The molecule has 1 N–H and O–H groups in total. The highest BCUT2D eigenvalue weighted by Gasteiger charge is 2.05. The third-order valence-electron chi connectivity index (χ3n) is 1.17. The molecule has 2 nitrogen and oxygen atoms in total. The lowest BCUT2D eigenvalue weighted by Crippen LogP contribution is -1.96. The number of benzene rings is 1. The molecule has 0 amide bonds. The predicted octanol–water partition coefficient (Wildman–Crippen LogP) is 2.18. The molecule has 0 heterocycles. The molecule has 0 aliphatic heterocycles. The highest BCUT2D eigenvalue weighted by atomic mass is 35.5. The maximum absolute atomic E-state index is 12.5. The second-order valence-electron chi connectivity index (χ2n) is 1.93. The molecule has 4 heteroatoms. The van der Waals surface area contributed by atoms with E-state index in [1.807, 2.05) is 0 Å². The molecular weight excluding hydrogens is 171 g/mol. The number of hydrogen-bond acceptors (Lipinski definition) is 1. The molecule has 0 bridgehead atoms. The van der Waals surface area contributed by atoms with Crippen molar-refractivity contribution < 1.29 is 14.3 Å². The van der Waals surface area contributed by atoms with Crippen molar-refractivity contribution in [2.24, 2.45) is 0 Å². The summed E-state index contributed by atoms with van der Waals surface area (Å²) in [5.74, 6) is -1.88. The van der Waals surface area contributed by atoms with Gasteiger partial charge in [0.25, 0.3) is 0 Å². The van der Waals surface area contributed by atoms with E-state index in [9.17, 15) is 9.18 Å². The fraction of sp³-hybridized carbons (Fsp3) is 0. The van der Waals surface area contributed by atoms with E-state index in [-0.39, 0.29) is 10.6 Å². The van der Waals surface area contributed by atoms with E-state index in [1.165, 1.54) is 12.1 Å². The molecule has 0 aliphatic rings. The van der Waals surface area contributed by atoms with E-state index >= 15 is 0 Å². The van der Waals surface area contributed by atoms with Gasteiger partial charge >= 0.3 is 5.97 Å². The monoisotopic (exact) mass is 174 g/mol. The molecule has 1 aromatic carbocycles. The summed E-state index contributed by atoms with van der Waals surface area (Å²) in [5, 5.41) is 8.32. The normalized spacial score (nSPS) is 9.64. The smallest absolute Gasteiger partial charge is 0.335 e. The molecule has 0 aromatic heterocycles. The summed E-state index contributed by atoms with van der Waals surface area (Å²) in [7, 11) is 0. The van der Waals surface area contributed by atoms with Gasteiger partial charge in [0.05, 0.1) is 10.6 Å². The lowest BCUT2D eigenvalue weighted by molar-refractivity contribution is 0.0696. The van der Waals surface area contributed by atoms with Gasteiger partial charge in [-0.2, -0.15) is 0 Å². The molecule has 0 saturated heterocycles. The molecule has 0 spiro atoms. The van der Waals surface area contributed by atoms with Gasteiger partial charge in [0.1, 0.15) is 5.82 Å². The molecule has 0 unspecified atom stereocenters. The van der Waals surface area contributed by atoms with Crippen LogP contribution in [-0.2, 0) is 0 Å². The minimum atomic E-state index is -1.17. The fourth-order valence-electron chi connectivity index (χ4n) is 0.629. The Morgan fingerprint density at radius 3 is 2.64 bits per heavy atom. The Balaban J connectivity index is 3.15. The SMILES string of the molecule is O=C(O)c1ccc(Cl)c(F)c1. The van der Waals surface area contributed by atoms with Gasteiger partial charge in [0.15, 0.2) is 0 Å². The van der Waals surface area contributed by atoms with Crippen molar-refractivity contribution >= 4 is 17.6 Å². The second-order valence-corrected chi connectivity index (χ2v) is 2.34. The van der Waals surface area contributed by atoms with Gasteiger partial charge in [-0.15, -0.1) is 0 Å². The second kappa shape index (κ2) is 2.88. The van der Waals surface area contributed by atoms with Crippen LogP contribution in [0, 0.1) is 5.82 Å². The van der Waals surface area contributed by atoms with Gasteiger partial charge in [-0.25, -0.2) is 9.18 Å². The Morgan fingerprint density at radius 2 is 2.18 bits per heavy atom. The fourth-order valence-corrected chi connectivity index (χ4v) is 0.747. The van der Waals surface area contributed by atoms with Gasteiger partial charge in [-0.3, -0.25) is 0 Å². The van der Waals surface area contributed by atoms with Crippen LogP contribution in [0.1, 0.15) is 10.4 Å². The summed E-state index contributed by atoms with van der Waals surface area (Å²) in [4.78, 5) is 10.3. The zero-order valence-corrected chi connectivity index (χ0v) is 6.10. The van der Waals surface area contributed by atoms with Crippen LogP contribution in [0.2, 0.25) is 5.02 Å². The van der Waals surface area contributed by atoms with Crippen molar-refractivity contribution in [1.82, 2.24) is 0 Å². The number of carboxylic acid groups (broad SMARTS) is 1. The van der Waals surface area contributed by atoms with Crippen LogP contribution < -0.4 is 0 Å². The number of carbonyl (C=O) groups is 1. The highest BCUT2D eigenvalue weighted by Crippen LogP contribution is 2.15. The van der Waals surface area contributed by atoms with Crippen molar-refractivity contribution in [1.29, 1.82) is 0 Å². The van der Waals surface area contributed by atoms with E-state index in [0.717, 1.165) is 6.07 Å². The van der Waals surface area contributed by atoms with Crippen molar-refractivity contribution in [3.8, 4) is 0 Å². The first kappa shape index (κ1) is 8.01. The molecule has 58 valence electrons. The number of carboxylic acids is 1. The van der Waals surface area contributed by atoms with Crippen LogP contribution >= 0.6 is 11.6 Å². The predicted molar refractivity (Wildman–Crippen MR) is 38.4 cm³/mol. The number of aromatic carboxylic acids is 1. The highest BCUT2D eigenvalue weighted by molar-refractivity contribution is 6.30. The molecule has 0 radical (unpaired) electrons. The van der Waals surface area contributed by atoms with Crippen molar-refractivity contribution in [3.05, 3.63) is 34.6 Å². The molecule has 1 aromatic rings. The van der Waals surface area contributed by atoms with Crippen molar-refractivity contribution in [2.75, 3.05) is 0 Å². The number of hydrogen-bond donors (Lipinski definition) is 1. The Labute approximate surface area is 67.2 Å². The quantitative estimate of drug-likeness (QED) is 0.709. The van der Waals surface area contributed by atoms with Crippen LogP contribution in [0.25, 0.3) is 0 Å². The number of rotatable bonds is 1. The number of halogens is 2. The first-order valence-corrected chi connectivity index (χ1v) is 3.17. The molecule has 0 saturated carbocycles. The van der Waals surface area contributed by atoms with Gasteiger partial charge in [0.2, 0.25) is 0 Å². The maximum Gasteiger partial charge on any atom is 0.335 e. The van der Waals surface area contributed by atoms with Crippen LogP contribution in [0.5, 0.6) is 0 Å². The van der Waals surface area contributed by atoms with Gasteiger partial charge < -0.3 is 5.11 Å². The summed E-state index contributed by atoms with van der Waals surface area (Å²) < 4.78 is 12.5. The van der Waals surface area contributed by atoms with Gasteiger partial charge in [-0.05, 0) is 18.2 Å².